The van der Waals surface area contributed by atoms with Gasteiger partial charge in [-0.3, -0.25) is 14.2 Å². The molecule has 0 fully saturated rings. The molecular weight excluding hydrogens is 421 g/mol. The zero-order valence-corrected chi connectivity index (χ0v) is 18.3. The number of carbonyl (C=O) groups is 1. The number of hydrogen-bond donors (Lipinski definition) is 1. The molecule has 33 heavy (non-hydrogen) atoms. The van der Waals surface area contributed by atoms with Crippen LogP contribution in [0, 0.1) is 5.82 Å². The molecule has 6 nitrogen and oxygen atoms in total. The topological polar surface area (TPSA) is 73.1 Å². The van der Waals surface area contributed by atoms with Gasteiger partial charge in [-0.25, -0.2) is 13.8 Å². The van der Waals surface area contributed by atoms with Gasteiger partial charge in [0.2, 0.25) is 5.91 Å². The number of hydrogen-bond acceptors (Lipinski definition) is 3. The Morgan fingerprint density at radius 2 is 1.64 bits per heavy atom. The van der Waals surface area contributed by atoms with E-state index in [1.54, 1.807) is 66.7 Å². The van der Waals surface area contributed by atoms with Gasteiger partial charge in [0.05, 0.1) is 29.6 Å². The molecule has 1 heterocycles. The van der Waals surface area contributed by atoms with Gasteiger partial charge in [0.1, 0.15) is 5.82 Å². The SMILES string of the molecule is CCCNC(=O)Cc1ccc(-n2c(=O)c3ccccc3n(Cc3ccccc3F)c2=O)cc1. The van der Waals surface area contributed by atoms with E-state index < -0.39 is 17.1 Å². The Bertz CT molecular complexity index is 1420. The first-order chi connectivity index (χ1) is 16.0. The van der Waals surface area contributed by atoms with Gasteiger partial charge in [0.15, 0.2) is 0 Å². The van der Waals surface area contributed by atoms with Gasteiger partial charge in [-0.2, -0.15) is 0 Å². The van der Waals surface area contributed by atoms with Crippen LogP contribution < -0.4 is 16.6 Å². The number of rotatable bonds is 7. The normalized spacial score (nSPS) is 11.0. The molecule has 1 aromatic heterocycles. The van der Waals surface area contributed by atoms with Crippen molar-refractivity contribution in [1.29, 1.82) is 0 Å². The molecule has 0 aliphatic rings. The summed E-state index contributed by atoms with van der Waals surface area (Å²) in [5.41, 5.74) is 0.937. The maximum absolute atomic E-state index is 14.3. The Morgan fingerprint density at radius 3 is 2.36 bits per heavy atom. The Labute approximate surface area is 189 Å². The third-order valence-electron chi connectivity index (χ3n) is 5.47. The number of benzene rings is 3. The second kappa shape index (κ2) is 9.65. The van der Waals surface area contributed by atoms with Gasteiger partial charge < -0.3 is 5.32 Å². The molecule has 4 aromatic rings. The molecule has 0 unspecified atom stereocenters. The summed E-state index contributed by atoms with van der Waals surface area (Å²) in [6, 6.07) is 19.8. The Hall–Kier alpha value is -4.00. The first kappa shape index (κ1) is 22.2. The highest BCUT2D eigenvalue weighted by Crippen LogP contribution is 2.14. The van der Waals surface area contributed by atoms with Crippen molar-refractivity contribution in [3.63, 3.8) is 0 Å². The molecule has 1 amide bonds. The van der Waals surface area contributed by atoms with E-state index in [1.807, 2.05) is 6.92 Å². The molecule has 0 radical (unpaired) electrons. The summed E-state index contributed by atoms with van der Waals surface area (Å²) in [6.07, 6.45) is 1.07. The number of nitrogens with zero attached hydrogens (tertiary/aromatic N) is 2. The predicted molar refractivity (Wildman–Crippen MR) is 126 cm³/mol. The van der Waals surface area contributed by atoms with Crippen LogP contribution in [0.15, 0.2) is 82.4 Å². The smallest absolute Gasteiger partial charge is 0.336 e. The maximum atomic E-state index is 14.3. The van der Waals surface area contributed by atoms with Crippen molar-refractivity contribution >= 4 is 16.8 Å². The van der Waals surface area contributed by atoms with Crippen molar-refractivity contribution in [3.8, 4) is 5.69 Å². The molecule has 0 aliphatic heterocycles. The number of carbonyl (C=O) groups excluding carboxylic acids is 1. The van der Waals surface area contributed by atoms with Crippen LogP contribution >= 0.6 is 0 Å². The molecule has 7 heteroatoms. The van der Waals surface area contributed by atoms with Crippen LogP contribution in [-0.4, -0.2) is 21.6 Å². The van der Waals surface area contributed by atoms with E-state index in [9.17, 15) is 18.8 Å². The lowest BCUT2D eigenvalue weighted by Crippen LogP contribution is -2.39. The fraction of sp³-hybridized carbons (Fsp3) is 0.192. The van der Waals surface area contributed by atoms with E-state index in [0.29, 0.717) is 28.7 Å². The van der Waals surface area contributed by atoms with Crippen molar-refractivity contribution in [2.75, 3.05) is 6.54 Å². The van der Waals surface area contributed by atoms with Crippen LogP contribution in [-0.2, 0) is 17.8 Å². The highest BCUT2D eigenvalue weighted by molar-refractivity contribution is 5.79. The molecule has 0 atom stereocenters. The Kier molecular flexibility index (Phi) is 6.49. The maximum Gasteiger partial charge on any atom is 0.336 e. The Balaban J connectivity index is 1.79. The fourth-order valence-corrected chi connectivity index (χ4v) is 3.77. The standard InChI is InChI=1S/C26H24FN3O3/c1-2-15-28-24(31)16-18-11-13-20(14-12-18)30-25(32)21-8-4-6-10-23(21)29(26(30)33)17-19-7-3-5-9-22(19)27/h3-14H,2,15-17H2,1H3,(H,28,31). The van der Waals surface area contributed by atoms with E-state index in [0.717, 1.165) is 16.6 Å². The largest absolute Gasteiger partial charge is 0.356 e. The van der Waals surface area contributed by atoms with Crippen molar-refractivity contribution in [3.05, 3.63) is 111 Å². The van der Waals surface area contributed by atoms with Crippen molar-refractivity contribution in [2.45, 2.75) is 26.3 Å². The predicted octanol–water partition coefficient (Wildman–Crippen LogP) is 3.41. The summed E-state index contributed by atoms with van der Waals surface area (Å²) in [5.74, 6) is -0.503. The van der Waals surface area contributed by atoms with Gasteiger partial charge in [0.25, 0.3) is 5.56 Å². The molecule has 168 valence electrons. The van der Waals surface area contributed by atoms with Crippen molar-refractivity contribution in [2.24, 2.45) is 0 Å². The van der Waals surface area contributed by atoms with Gasteiger partial charge in [-0.05, 0) is 42.3 Å². The third-order valence-corrected chi connectivity index (χ3v) is 5.47. The van der Waals surface area contributed by atoms with Gasteiger partial charge in [0, 0.05) is 12.1 Å². The lowest BCUT2D eigenvalue weighted by molar-refractivity contribution is -0.120. The van der Waals surface area contributed by atoms with Gasteiger partial charge in [-0.15, -0.1) is 0 Å². The average molecular weight is 445 g/mol. The van der Waals surface area contributed by atoms with Crippen LogP contribution in [0.4, 0.5) is 4.39 Å². The summed E-state index contributed by atoms with van der Waals surface area (Å²) in [4.78, 5) is 38.6. The molecule has 4 rings (SSSR count). The summed E-state index contributed by atoms with van der Waals surface area (Å²) in [5, 5.41) is 3.18. The summed E-state index contributed by atoms with van der Waals surface area (Å²) in [6.45, 7) is 2.59. The van der Waals surface area contributed by atoms with Crippen LogP contribution in [0.3, 0.4) is 0 Å². The van der Waals surface area contributed by atoms with E-state index >= 15 is 0 Å². The number of amides is 1. The molecule has 0 aliphatic carbocycles. The number of fused-ring (bicyclic) bond motifs is 1. The number of para-hydroxylation sites is 1. The van der Waals surface area contributed by atoms with Crippen molar-refractivity contribution < 1.29 is 9.18 Å². The number of nitrogens with one attached hydrogen (secondary N) is 1. The minimum Gasteiger partial charge on any atom is -0.356 e. The summed E-state index contributed by atoms with van der Waals surface area (Å²) >= 11 is 0. The first-order valence-electron chi connectivity index (χ1n) is 10.8. The quantitative estimate of drug-likeness (QED) is 0.474. The fourth-order valence-electron chi connectivity index (χ4n) is 3.77. The zero-order chi connectivity index (χ0) is 23.4. The second-order valence-electron chi connectivity index (χ2n) is 7.81. The highest BCUT2D eigenvalue weighted by atomic mass is 19.1. The molecule has 0 bridgehead atoms. The van der Waals surface area contributed by atoms with Crippen LogP contribution in [0.5, 0.6) is 0 Å². The molecule has 3 aromatic carbocycles. The minimum atomic E-state index is -0.560. The molecule has 0 saturated heterocycles. The number of aromatic nitrogens is 2. The second-order valence-corrected chi connectivity index (χ2v) is 7.81. The highest BCUT2D eigenvalue weighted by Gasteiger charge is 2.16. The van der Waals surface area contributed by atoms with Crippen LogP contribution in [0.1, 0.15) is 24.5 Å². The zero-order valence-electron chi connectivity index (χ0n) is 18.3. The van der Waals surface area contributed by atoms with Crippen LogP contribution in [0.2, 0.25) is 0 Å². The summed E-state index contributed by atoms with van der Waals surface area (Å²) in [7, 11) is 0. The molecule has 0 spiro atoms. The third kappa shape index (κ3) is 4.62. The molecular formula is C26H24FN3O3. The number of halogens is 1. The minimum absolute atomic E-state index is 0.0119. The van der Waals surface area contributed by atoms with Gasteiger partial charge >= 0.3 is 5.69 Å². The molecule has 0 saturated carbocycles. The van der Waals surface area contributed by atoms with Crippen molar-refractivity contribution in [1.82, 2.24) is 14.5 Å². The van der Waals surface area contributed by atoms with Gasteiger partial charge in [-0.1, -0.05) is 49.4 Å². The summed E-state index contributed by atoms with van der Waals surface area (Å²) < 4.78 is 16.8. The molecule has 1 N–H and O–H groups in total. The lowest BCUT2D eigenvalue weighted by atomic mass is 10.1. The van der Waals surface area contributed by atoms with E-state index in [2.05, 4.69) is 5.32 Å². The lowest BCUT2D eigenvalue weighted by Gasteiger charge is -2.15. The average Bonchev–Trinajstić information content (AvgIpc) is 2.82. The monoisotopic (exact) mass is 445 g/mol. The first-order valence-corrected chi connectivity index (χ1v) is 10.8. The van der Waals surface area contributed by atoms with Crippen LogP contribution in [0.25, 0.3) is 16.6 Å². The van der Waals surface area contributed by atoms with E-state index in [-0.39, 0.29) is 18.9 Å². The Morgan fingerprint density at radius 1 is 0.939 bits per heavy atom. The van der Waals surface area contributed by atoms with E-state index in [1.165, 1.54) is 10.6 Å². The van der Waals surface area contributed by atoms with E-state index in [4.69, 9.17) is 0 Å².